The fourth-order valence-electron chi connectivity index (χ4n) is 5.15. The Morgan fingerprint density at radius 2 is 1.61 bits per heavy atom. The van der Waals surface area contributed by atoms with Crippen LogP contribution in [0.1, 0.15) is 54.4 Å². The fraction of sp³-hybridized carbons (Fsp3) is 0.375. The van der Waals surface area contributed by atoms with E-state index in [1.54, 1.807) is 11.0 Å². The highest BCUT2D eigenvalue weighted by Gasteiger charge is 2.32. The third-order valence-corrected chi connectivity index (χ3v) is 7.45. The van der Waals surface area contributed by atoms with Gasteiger partial charge < -0.3 is 15.0 Å². The maximum Gasteiger partial charge on any atom is 0.261 e. The molecule has 200 valence electrons. The summed E-state index contributed by atoms with van der Waals surface area (Å²) in [6.45, 7) is 4.04. The maximum absolute atomic E-state index is 13.8. The molecule has 1 aliphatic rings. The first-order valence-electron chi connectivity index (χ1n) is 13.5. The van der Waals surface area contributed by atoms with Gasteiger partial charge in [0.2, 0.25) is 5.91 Å². The van der Waals surface area contributed by atoms with Crippen LogP contribution >= 0.6 is 11.6 Å². The van der Waals surface area contributed by atoms with Crippen LogP contribution in [0.4, 0.5) is 0 Å². The molecule has 0 aliphatic heterocycles. The first-order chi connectivity index (χ1) is 18.4. The van der Waals surface area contributed by atoms with Crippen molar-refractivity contribution >= 4 is 23.4 Å². The average molecular weight is 533 g/mol. The lowest BCUT2D eigenvalue weighted by molar-refractivity contribution is -0.143. The summed E-state index contributed by atoms with van der Waals surface area (Å²) < 4.78 is 5.95. The molecule has 1 atom stereocenters. The predicted octanol–water partition coefficient (Wildman–Crippen LogP) is 6.42. The molecule has 2 amide bonds. The summed E-state index contributed by atoms with van der Waals surface area (Å²) in [6, 6.07) is 22.6. The van der Waals surface area contributed by atoms with E-state index < -0.39 is 6.04 Å². The molecule has 0 saturated heterocycles. The second-order valence-corrected chi connectivity index (χ2v) is 10.7. The smallest absolute Gasteiger partial charge is 0.261 e. The number of benzene rings is 3. The molecule has 4 rings (SSSR count). The van der Waals surface area contributed by atoms with Gasteiger partial charge in [0.05, 0.1) is 0 Å². The Kier molecular flexibility index (Phi) is 9.83. The molecule has 0 unspecified atom stereocenters. The van der Waals surface area contributed by atoms with Gasteiger partial charge in [-0.15, -0.1) is 0 Å². The lowest BCUT2D eigenvalue weighted by atomic mass is 9.94. The van der Waals surface area contributed by atoms with Crippen molar-refractivity contribution in [2.24, 2.45) is 0 Å². The highest BCUT2D eigenvalue weighted by atomic mass is 35.5. The number of ether oxygens (including phenoxy) is 1. The molecule has 0 heterocycles. The molecule has 0 bridgehead atoms. The highest BCUT2D eigenvalue weighted by molar-refractivity contribution is 6.31. The normalized spacial score (nSPS) is 14.5. The molecule has 3 aromatic carbocycles. The zero-order chi connectivity index (χ0) is 26.9. The SMILES string of the molecule is Cc1cc(C)cc(OCC(=O)N(Cc2ccccc2Cl)[C@H](Cc2ccccc2)C(=O)NC2CCCCC2)c1. The minimum Gasteiger partial charge on any atom is -0.484 e. The number of carbonyl (C=O) groups is 2. The van der Waals surface area contributed by atoms with E-state index in [2.05, 4.69) is 11.4 Å². The largest absolute Gasteiger partial charge is 0.484 e. The van der Waals surface area contributed by atoms with E-state index in [9.17, 15) is 9.59 Å². The van der Waals surface area contributed by atoms with Crippen LogP contribution in [0.3, 0.4) is 0 Å². The zero-order valence-corrected chi connectivity index (χ0v) is 23.0. The lowest BCUT2D eigenvalue weighted by Gasteiger charge is -2.33. The van der Waals surface area contributed by atoms with Gasteiger partial charge in [0.25, 0.3) is 5.91 Å². The van der Waals surface area contributed by atoms with E-state index in [0.29, 0.717) is 17.2 Å². The van der Waals surface area contributed by atoms with Crippen molar-refractivity contribution in [1.82, 2.24) is 10.2 Å². The number of nitrogens with one attached hydrogen (secondary N) is 1. The molecular weight excluding hydrogens is 496 g/mol. The van der Waals surface area contributed by atoms with Gasteiger partial charge in [-0.1, -0.05) is 85.5 Å². The topological polar surface area (TPSA) is 58.6 Å². The first kappa shape index (κ1) is 27.7. The summed E-state index contributed by atoms with van der Waals surface area (Å²) in [5, 5.41) is 3.82. The molecule has 1 N–H and O–H groups in total. The Morgan fingerprint density at radius 1 is 0.947 bits per heavy atom. The number of hydrogen-bond donors (Lipinski definition) is 1. The van der Waals surface area contributed by atoms with Crippen LogP contribution < -0.4 is 10.1 Å². The summed E-state index contributed by atoms with van der Waals surface area (Å²) in [4.78, 5) is 29.3. The number of hydrogen-bond acceptors (Lipinski definition) is 3. The first-order valence-corrected chi connectivity index (χ1v) is 13.8. The molecule has 6 heteroatoms. The van der Waals surface area contributed by atoms with Crippen LogP contribution in [0.25, 0.3) is 0 Å². The third kappa shape index (κ3) is 7.84. The van der Waals surface area contributed by atoms with Crippen LogP contribution in [-0.4, -0.2) is 35.4 Å². The van der Waals surface area contributed by atoms with Gasteiger partial charge in [0.1, 0.15) is 11.8 Å². The zero-order valence-electron chi connectivity index (χ0n) is 22.3. The number of halogens is 1. The Hall–Kier alpha value is -3.31. The van der Waals surface area contributed by atoms with Gasteiger partial charge in [0.15, 0.2) is 6.61 Å². The second kappa shape index (κ2) is 13.5. The third-order valence-electron chi connectivity index (χ3n) is 7.08. The van der Waals surface area contributed by atoms with Gasteiger partial charge in [-0.3, -0.25) is 9.59 Å². The Balaban J connectivity index is 1.62. The van der Waals surface area contributed by atoms with Crippen molar-refractivity contribution in [1.29, 1.82) is 0 Å². The van der Waals surface area contributed by atoms with Gasteiger partial charge in [0, 0.05) is 24.0 Å². The van der Waals surface area contributed by atoms with Gasteiger partial charge in [-0.25, -0.2) is 0 Å². The van der Waals surface area contributed by atoms with E-state index in [0.717, 1.165) is 47.9 Å². The molecule has 38 heavy (non-hydrogen) atoms. The summed E-state index contributed by atoms with van der Waals surface area (Å²) >= 11 is 6.51. The average Bonchev–Trinajstić information content (AvgIpc) is 2.91. The van der Waals surface area contributed by atoms with Crippen LogP contribution in [-0.2, 0) is 22.6 Å². The monoisotopic (exact) mass is 532 g/mol. The molecule has 0 radical (unpaired) electrons. The molecule has 1 saturated carbocycles. The Labute approximate surface area is 231 Å². The van der Waals surface area contributed by atoms with Crippen LogP contribution in [0.5, 0.6) is 5.75 Å². The van der Waals surface area contributed by atoms with Crippen molar-refractivity contribution in [3.63, 3.8) is 0 Å². The predicted molar refractivity (Wildman–Crippen MR) is 152 cm³/mol. The van der Waals surface area contributed by atoms with Crippen molar-refractivity contribution in [2.75, 3.05) is 6.61 Å². The van der Waals surface area contributed by atoms with E-state index in [4.69, 9.17) is 16.3 Å². The van der Waals surface area contributed by atoms with Crippen LogP contribution in [0, 0.1) is 13.8 Å². The summed E-state index contributed by atoms with van der Waals surface area (Å²) in [7, 11) is 0. The summed E-state index contributed by atoms with van der Waals surface area (Å²) in [6.07, 6.45) is 5.77. The molecule has 3 aromatic rings. The minimum absolute atomic E-state index is 0.132. The fourth-order valence-corrected chi connectivity index (χ4v) is 5.35. The second-order valence-electron chi connectivity index (χ2n) is 10.3. The summed E-state index contributed by atoms with van der Waals surface area (Å²) in [5.41, 5.74) is 3.91. The maximum atomic E-state index is 13.8. The highest BCUT2D eigenvalue weighted by Crippen LogP contribution is 2.23. The number of nitrogens with zero attached hydrogens (tertiary/aromatic N) is 1. The lowest BCUT2D eigenvalue weighted by Crippen LogP contribution is -2.53. The van der Waals surface area contributed by atoms with Gasteiger partial charge >= 0.3 is 0 Å². The Morgan fingerprint density at radius 3 is 2.29 bits per heavy atom. The molecular formula is C32H37ClN2O3. The Bertz CT molecular complexity index is 1200. The van der Waals surface area contributed by atoms with E-state index >= 15 is 0 Å². The number of aryl methyl sites for hydroxylation is 2. The molecule has 0 aromatic heterocycles. The van der Waals surface area contributed by atoms with E-state index in [1.165, 1.54) is 6.42 Å². The van der Waals surface area contributed by atoms with Crippen molar-refractivity contribution < 1.29 is 14.3 Å². The number of rotatable bonds is 10. The van der Waals surface area contributed by atoms with Crippen LogP contribution in [0.15, 0.2) is 72.8 Å². The molecule has 5 nitrogen and oxygen atoms in total. The van der Waals surface area contributed by atoms with Crippen molar-refractivity contribution in [3.05, 3.63) is 100 Å². The van der Waals surface area contributed by atoms with E-state index in [-0.39, 0.29) is 31.0 Å². The van der Waals surface area contributed by atoms with E-state index in [1.807, 2.05) is 74.5 Å². The number of carbonyl (C=O) groups excluding carboxylic acids is 2. The molecule has 1 aliphatic carbocycles. The standard InChI is InChI=1S/C32H37ClN2O3/c1-23-17-24(2)19-28(18-23)38-22-31(36)35(21-26-13-9-10-16-29(26)33)30(20-25-11-5-3-6-12-25)32(37)34-27-14-7-4-8-15-27/h3,5-6,9-13,16-19,27,30H,4,7-8,14-15,20-22H2,1-2H3,(H,34,37)/t30-/m1/s1. The van der Waals surface area contributed by atoms with Crippen LogP contribution in [0.2, 0.25) is 5.02 Å². The summed E-state index contributed by atoms with van der Waals surface area (Å²) in [5.74, 6) is 0.246. The van der Waals surface area contributed by atoms with Crippen molar-refractivity contribution in [2.45, 2.75) is 71.0 Å². The van der Waals surface area contributed by atoms with Gasteiger partial charge in [-0.05, 0) is 67.1 Å². The molecule has 0 spiro atoms. The minimum atomic E-state index is -0.703. The van der Waals surface area contributed by atoms with Crippen molar-refractivity contribution in [3.8, 4) is 5.75 Å². The number of amides is 2. The molecule has 1 fully saturated rings. The van der Waals surface area contributed by atoms with Gasteiger partial charge in [-0.2, -0.15) is 0 Å². The quantitative estimate of drug-likeness (QED) is 0.327.